The van der Waals surface area contributed by atoms with Crippen LogP contribution >= 0.6 is 0 Å². The molecule has 0 aromatic rings. The van der Waals surface area contributed by atoms with Crippen LogP contribution in [-0.2, 0) is 9.68 Å². The number of hydrogen-bond donors (Lipinski definition) is 0. The van der Waals surface area contributed by atoms with Crippen molar-refractivity contribution in [3.8, 4) is 0 Å². The van der Waals surface area contributed by atoms with Crippen LogP contribution in [0.15, 0.2) is 10.3 Å². The van der Waals surface area contributed by atoms with Crippen molar-refractivity contribution in [1.29, 1.82) is 0 Å². The molecule has 0 aliphatic heterocycles. The first-order valence-corrected chi connectivity index (χ1v) is 4.59. The second-order valence-electron chi connectivity index (χ2n) is 2.91. The van der Waals surface area contributed by atoms with Crippen LogP contribution in [0.3, 0.4) is 0 Å². The van der Waals surface area contributed by atoms with Crippen LogP contribution in [0.4, 0.5) is 0 Å². The van der Waals surface area contributed by atoms with Crippen molar-refractivity contribution >= 4 is 12.4 Å². The maximum atomic E-state index is 4.84. The van der Waals surface area contributed by atoms with Crippen molar-refractivity contribution in [2.24, 2.45) is 10.3 Å². The Kier molecular flexibility index (Phi) is 7.83. The molecule has 0 aliphatic rings. The smallest absolute Gasteiger partial charge is 0.114 e. The van der Waals surface area contributed by atoms with Crippen LogP contribution in [0.2, 0.25) is 0 Å². The topological polar surface area (TPSA) is 46.4 Å². The van der Waals surface area contributed by atoms with Crippen molar-refractivity contribution in [1.82, 2.24) is 4.90 Å². The Balaban J connectivity index is 3.91. The second-order valence-corrected chi connectivity index (χ2v) is 2.91. The Morgan fingerprint density at radius 3 is 2.57 bits per heavy atom. The van der Waals surface area contributed by atoms with E-state index in [-0.39, 0.29) is 6.04 Å². The minimum atomic E-state index is 0.180. The third-order valence-electron chi connectivity index (χ3n) is 1.63. The molecule has 0 bridgehead atoms. The molecule has 0 spiro atoms. The quantitative estimate of drug-likeness (QED) is 0.455. The van der Waals surface area contributed by atoms with Gasteiger partial charge in [0.2, 0.25) is 0 Å². The van der Waals surface area contributed by atoms with Gasteiger partial charge in [0.1, 0.15) is 13.7 Å². The Bertz CT molecular complexity index is 181. The number of nitrogens with zero attached hydrogens (tertiary/aromatic N) is 3. The van der Waals surface area contributed by atoms with Crippen LogP contribution in [-0.4, -0.2) is 51.2 Å². The van der Waals surface area contributed by atoms with Gasteiger partial charge < -0.3 is 14.6 Å². The molecule has 0 radical (unpaired) electrons. The van der Waals surface area contributed by atoms with E-state index in [0.717, 1.165) is 6.42 Å². The number of rotatable bonds is 7. The first-order valence-electron chi connectivity index (χ1n) is 4.59. The first-order chi connectivity index (χ1) is 6.72. The Morgan fingerprint density at radius 1 is 1.36 bits per heavy atom. The molecule has 5 nitrogen and oxygen atoms in total. The molecule has 82 valence electrons. The zero-order chi connectivity index (χ0) is 10.8. The van der Waals surface area contributed by atoms with Crippen molar-refractivity contribution < 1.29 is 9.68 Å². The predicted molar refractivity (Wildman–Crippen MR) is 57.7 cm³/mol. The summed E-state index contributed by atoms with van der Waals surface area (Å²) in [5.74, 6) is 0. The predicted octanol–water partition coefficient (Wildman–Crippen LogP) is 0.961. The summed E-state index contributed by atoms with van der Waals surface area (Å²) in [6.45, 7) is 2.49. The molecular formula is C9H19N3O2. The van der Waals surface area contributed by atoms with E-state index in [2.05, 4.69) is 15.1 Å². The van der Waals surface area contributed by atoms with Crippen molar-refractivity contribution in [3.05, 3.63) is 0 Å². The third kappa shape index (κ3) is 6.42. The molecule has 0 amide bonds. The average Bonchev–Trinajstić information content (AvgIpc) is 2.16. The highest BCUT2D eigenvalue weighted by Gasteiger charge is 2.06. The van der Waals surface area contributed by atoms with E-state index in [0.29, 0.717) is 6.61 Å². The fourth-order valence-electron chi connectivity index (χ4n) is 0.814. The van der Waals surface area contributed by atoms with E-state index in [1.165, 1.54) is 7.11 Å². The zero-order valence-corrected chi connectivity index (χ0v) is 9.30. The van der Waals surface area contributed by atoms with Gasteiger partial charge in [0, 0.05) is 12.6 Å². The fraction of sp³-hybridized carbons (Fsp3) is 0.778. The third-order valence-corrected chi connectivity index (χ3v) is 1.63. The fourth-order valence-corrected chi connectivity index (χ4v) is 0.814. The normalized spacial score (nSPS) is 14.1. The van der Waals surface area contributed by atoms with Crippen molar-refractivity contribution in [3.63, 3.8) is 0 Å². The van der Waals surface area contributed by atoms with Gasteiger partial charge >= 0.3 is 0 Å². The van der Waals surface area contributed by atoms with E-state index in [4.69, 9.17) is 4.84 Å². The first kappa shape index (κ1) is 12.9. The molecule has 0 aromatic heterocycles. The van der Waals surface area contributed by atoms with E-state index >= 15 is 0 Å². The van der Waals surface area contributed by atoms with Gasteiger partial charge in [-0.25, -0.2) is 0 Å². The van der Waals surface area contributed by atoms with Gasteiger partial charge in [0.15, 0.2) is 0 Å². The molecule has 0 saturated carbocycles. The molecule has 0 saturated heterocycles. The zero-order valence-electron chi connectivity index (χ0n) is 9.30. The Labute approximate surface area is 85.3 Å². The molecule has 5 heteroatoms. The van der Waals surface area contributed by atoms with E-state index in [1.54, 1.807) is 12.4 Å². The SMILES string of the molecule is CCON=CCC(C=NOC)N(C)C. The number of oxime groups is 2. The Hall–Kier alpha value is -1.10. The minimum absolute atomic E-state index is 0.180. The summed E-state index contributed by atoms with van der Waals surface area (Å²) in [6.07, 6.45) is 4.22. The summed E-state index contributed by atoms with van der Waals surface area (Å²) in [7, 11) is 5.47. The summed E-state index contributed by atoms with van der Waals surface area (Å²) in [5.41, 5.74) is 0. The lowest BCUT2D eigenvalue weighted by atomic mass is 10.2. The summed E-state index contributed by atoms with van der Waals surface area (Å²) >= 11 is 0. The molecule has 0 heterocycles. The highest BCUT2D eigenvalue weighted by Crippen LogP contribution is 1.95. The molecule has 0 aromatic carbocycles. The lowest BCUT2D eigenvalue weighted by Crippen LogP contribution is -2.29. The molecule has 0 rings (SSSR count). The van der Waals surface area contributed by atoms with Gasteiger partial charge in [-0.2, -0.15) is 0 Å². The van der Waals surface area contributed by atoms with E-state index in [9.17, 15) is 0 Å². The monoisotopic (exact) mass is 201 g/mol. The van der Waals surface area contributed by atoms with Gasteiger partial charge in [0.05, 0.1) is 12.3 Å². The van der Waals surface area contributed by atoms with Crippen LogP contribution in [0.1, 0.15) is 13.3 Å². The van der Waals surface area contributed by atoms with Crippen molar-refractivity contribution in [2.75, 3.05) is 27.8 Å². The van der Waals surface area contributed by atoms with Crippen LogP contribution in [0.5, 0.6) is 0 Å². The minimum Gasteiger partial charge on any atom is -0.399 e. The average molecular weight is 201 g/mol. The molecule has 0 aliphatic carbocycles. The lowest BCUT2D eigenvalue weighted by molar-refractivity contribution is 0.159. The molecule has 0 fully saturated rings. The Morgan fingerprint density at radius 2 is 2.07 bits per heavy atom. The van der Waals surface area contributed by atoms with Gasteiger partial charge in [-0.3, -0.25) is 0 Å². The van der Waals surface area contributed by atoms with Crippen LogP contribution < -0.4 is 0 Å². The van der Waals surface area contributed by atoms with Gasteiger partial charge in [-0.15, -0.1) is 0 Å². The highest BCUT2D eigenvalue weighted by atomic mass is 16.6. The standard InChI is InChI=1S/C9H19N3O2/c1-5-14-10-7-6-9(12(2)3)8-11-13-4/h7-9H,5-6H2,1-4H3. The summed E-state index contributed by atoms with van der Waals surface area (Å²) in [5, 5.41) is 7.49. The highest BCUT2D eigenvalue weighted by molar-refractivity contribution is 5.70. The van der Waals surface area contributed by atoms with E-state index < -0.39 is 0 Å². The summed E-state index contributed by atoms with van der Waals surface area (Å²) in [4.78, 5) is 11.5. The van der Waals surface area contributed by atoms with E-state index in [1.807, 2.05) is 25.9 Å². The lowest BCUT2D eigenvalue weighted by Gasteiger charge is -2.17. The number of hydrogen-bond acceptors (Lipinski definition) is 5. The second kappa shape index (κ2) is 8.50. The van der Waals surface area contributed by atoms with Gasteiger partial charge in [0.25, 0.3) is 0 Å². The molecule has 1 atom stereocenters. The van der Waals surface area contributed by atoms with Gasteiger partial charge in [-0.05, 0) is 21.0 Å². The molecular weight excluding hydrogens is 182 g/mol. The maximum Gasteiger partial charge on any atom is 0.114 e. The molecule has 0 N–H and O–H groups in total. The molecule has 14 heavy (non-hydrogen) atoms. The van der Waals surface area contributed by atoms with Gasteiger partial charge in [-0.1, -0.05) is 10.3 Å². The molecule has 1 unspecified atom stereocenters. The van der Waals surface area contributed by atoms with Crippen LogP contribution in [0.25, 0.3) is 0 Å². The maximum absolute atomic E-state index is 4.84. The van der Waals surface area contributed by atoms with Crippen molar-refractivity contribution in [2.45, 2.75) is 19.4 Å². The summed E-state index contributed by atoms with van der Waals surface area (Å²) in [6, 6.07) is 0.180. The van der Waals surface area contributed by atoms with Crippen LogP contribution in [0, 0.1) is 0 Å². The summed E-state index contributed by atoms with van der Waals surface area (Å²) < 4.78 is 0. The largest absolute Gasteiger partial charge is 0.399 e.